The highest BCUT2D eigenvalue weighted by Crippen LogP contribution is 2.26. The molecule has 0 saturated carbocycles. The van der Waals surface area contributed by atoms with Gasteiger partial charge in [-0.15, -0.1) is 11.8 Å². The van der Waals surface area contributed by atoms with Crippen molar-refractivity contribution in [2.24, 2.45) is 5.92 Å². The van der Waals surface area contributed by atoms with Crippen LogP contribution in [0.5, 0.6) is 0 Å². The Hall–Kier alpha value is -0.630. The van der Waals surface area contributed by atoms with Gasteiger partial charge in [-0.1, -0.05) is 32.9 Å². The number of hydrogen-bond acceptors (Lipinski definition) is 2. The minimum absolute atomic E-state index is 0.568. The number of hydrogen-bond donors (Lipinski definition) is 1. The van der Waals surface area contributed by atoms with Crippen LogP contribution in [0.1, 0.15) is 27.2 Å². The van der Waals surface area contributed by atoms with Crippen LogP contribution in [0.3, 0.4) is 0 Å². The summed E-state index contributed by atoms with van der Waals surface area (Å²) in [6.45, 7) is 6.77. The molecule has 1 rings (SSSR count). The Morgan fingerprint density at radius 1 is 1.27 bits per heavy atom. The third kappa shape index (κ3) is 3.45. The number of benzene rings is 1. The summed E-state index contributed by atoms with van der Waals surface area (Å²) in [5.41, 5.74) is 1.27. The molecular weight excluding hydrogens is 202 g/mol. The topological polar surface area (TPSA) is 12.0 Å². The molecule has 0 radical (unpaired) electrons. The van der Waals surface area contributed by atoms with Gasteiger partial charge < -0.3 is 5.32 Å². The summed E-state index contributed by atoms with van der Waals surface area (Å²) in [5.74, 6) is 0.671. The van der Waals surface area contributed by atoms with E-state index < -0.39 is 0 Å². The van der Waals surface area contributed by atoms with E-state index in [2.05, 4.69) is 56.6 Å². The molecule has 0 aliphatic heterocycles. The predicted octanol–water partition coefficient (Wildman–Crippen LogP) is 4.26. The Labute approximate surface area is 97.7 Å². The largest absolute Gasteiger partial charge is 0.381 e. The minimum Gasteiger partial charge on any atom is -0.381 e. The summed E-state index contributed by atoms with van der Waals surface area (Å²) < 4.78 is 0. The van der Waals surface area contributed by atoms with Crippen LogP contribution in [-0.2, 0) is 0 Å². The van der Waals surface area contributed by atoms with Gasteiger partial charge in [0.1, 0.15) is 0 Å². The molecule has 1 aromatic carbocycles. The minimum atomic E-state index is 0.568. The summed E-state index contributed by atoms with van der Waals surface area (Å²) in [4.78, 5) is 1.33. The van der Waals surface area contributed by atoms with Crippen LogP contribution in [0.15, 0.2) is 29.2 Å². The molecule has 1 aromatic rings. The van der Waals surface area contributed by atoms with Gasteiger partial charge in [0.15, 0.2) is 0 Å². The molecule has 84 valence electrons. The molecule has 2 heteroatoms. The Bertz CT molecular complexity index is 296. The predicted molar refractivity (Wildman–Crippen MR) is 70.8 cm³/mol. The zero-order valence-electron chi connectivity index (χ0n) is 10.1. The van der Waals surface area contributed by atoms with Crippen molar-refractivity contribution in [3.8, 4) is 0 Å². The standard InChI is InChI=1S/C13H21NS/c1-5-11(10(2)3)14-12-8-6-7-9-13(12)15-4/h6-11,14H,5H2,1-4H3/t11-/m1/s1. The second kappa shape index (κ2) is 6.06. The molecule has 0 aromatic heterocycles. The maximum Gasteiger partial charge on any atom is 0.0480 e. The molecule has 1 atom stereocenters. The SMILES string of the molecule is CC[C@@H](Nc1ccccc1SC)C(C)C. The van der Waals surface area contributed by atoms with Gasteiger partial charge in [0.25, 0.3) is 0 Å². The summed E-state index contributed by atoms with van der Waals surface area (Å²) in [6.07, 6.45) is 3.29. The molecule has 15 heavy (non-hydrogen) atoms. The monoisotopic (exact) mass is 223 g/mol. The normalized spacial score (nSPS) is 12.9. The van der Waals surface area contributed by atoms with Gasteiger partial charge >= 0.3 is 0 Å². The van der Waals surface area contributed by atoms with Crippen molar-refractivity contribution >= 4 is 17.4 Å². The Morgan fingerprint density at radius 2 is 1.93 bits per heavy atom. The third-order valence-corrected chi connectivity index (χ3v) is 3.49. The summed E-state index contributed by atoms with van der Waals surface area (Å²) in [7, 11) is 0. The van der Waals surface area contributed by atoms with E-state index in [0.29, 0.717) is 12.0 Å². The number of nitrogens with one attached hydrogen (secondary N) is 1. The van der Waals surface area contributed by atoms with Crippen LogP contribution >= 0.6 is 11.8 Å². The highest BCUT2D eigenvalue weighted by Gasteiger charge is 2.11. The molecule has 1 N–H and O–H groups in total. The molecule has 0 unspecified atom stereocenters. The molecule has 0 fully saturated rings. The smallest absolute Gasteiger partial charge is 0.0480 e. The van der Waals surface area contributed by atoms with Gasteiger partial charge in [0, 0.05) is 16.6 Å². The van der Waals surface area contributed by atoms with Crippen LogP contribution in [0, 0.1) is 5.92 Å². The lowest BCUT2D eigenvalue weighted by Crippen LogP contribution is -2.24. The van der Waals surface area contributed by atoms with E-state index in [1.165, 1.54) is 17.0 Å². The maximum absolute atomic E-state index is 3.63. The summed E-state index contributed by atoms with van der Waals surface area (Å²) >= 11 is 1.80. The average molecular weight is 223 g/mol. The highest BCUT2D eigenvalue weighted by atomic mass is 32.2. The fourth-order valence-electron chi connectivity index (χ4n) is 1.70. The van der Waals surface area contributed by atoms with Gasteiger partial charge in [-0.2, -0.15) is 0 Å². The maximum atomic E-state index is 3.63. The Balaban J connectivity index is 2.78. The number of para-hydroxylation sites is 1. The molecule has 1 nitrogen and oxygen atoms in total. The first-order chi connectivity index (χ1) is 7.19. The zero-order valence-corrected chi connectivity index (χ0v) is 10.9. The van der Waals surface area contributed by atoms with E-state index in [1.54, 1.807) is 11.8 Å². The quantitative estimate of drug-likeness (QED) is 0.749. The third-order valence-electron chi connectivity index (χ3n) is 2.69. The number of anilines is 1. The van der Waals surface area contributed by atoms with Gasteiger partial charge in [-0.25, -0.2) is 0 Å². The summed E-state index contributed by atoms with van der Waals surface area (Å²) in [5, 5.41) is 3.63. The molecule has 0 amide bonds. The molecule has 0 aliphatic rings. The van der Waals surface area contributed by atoms with Crippen molar-refractivity contribution in [2.45, 2.75) is 38.1 Å². The van der Waals surface area contributed by atoms with Crippen LogP contribution in [0.25, 0.3) is 0 Å². The molecule has 0 bridgehead atoms. The Morgan fingerprint density at radius 3 is 2.47 bits per heavy atom. The van der Waals surface area contributed by atoms with Crippen LogP contribution in [0.2, 0.25) is 0 Å². The number of rotatable bonds is 5. The molecular formula is C13H21NS. The number of thioether (sulfide) groups is 1. The first-order valence-electron chi connectivity index (χ1n) is 5.58. The average Bonchev–Trinajstić information content (AvgIpc) is 2.25. The van der Waals surface area contributed by atoms with Crippen LogP contribution in [-0.4, -0.2) is 12.3 Å². The van der Waals surface area contributed by atoms with E-state index in [-0.39, 0.29) is 0 Å². The molecule has 0 spiro atoms. The highest BCUT2D eigenvalue weighted by molar-refractivity contribution is 7.98. The fraction of sp³-hybridized carbons (Fsp3) is 0.538. The molecule has 0 saturated heterocycles. The van der Waals surface area contributed by atoms with E-state index in [9.17, 15) is 0 Å². The van der Waals surface area contributed by atoms with Crippen LogP contribution in [0.4, 0.5) is 5.69 Å². The van der Waals surface area contributed by atoms with Gasteiger partial charge in [0.2, 0.25) is 0 Å². The summed E-state index contributed by atoms with van der Waals surface area (Å²) in [6, 6.07) is 9.08. The lowest BCUT2D eigenvalue weighted by molar-refractivity contribution is 0.510. The molecule has 0 heterocycles. The van der Waals surface area contributed by atoms with E-state index in [1.807, 2.05) is 0 Å². The first kappa shape index (κ1) is 12.4. The van der Waals surface area contributed by atoms with E-state index in [4.69, 9.17) is 0 Å². The lowest BCUT2D eigenvalue weighted by Gasteiger charge is -2.23. The van der Waals surface area contributed by atoms with Crippen molar-refractivity contribution in [2.75, 3.05) is 11.6 Å². The second-order valence-electron chi connectivity index (χ2n) is 4.10. The van der Waals surface area contributed by atoms with Crippen molar-refractivity contribution in [1.82, 2.24) is 0 Å². The van der Waals surface area contributed by atoms with Gasteiger partial charge in [-0.05, 0) is 30.7 Å². The fourth-order valence-corrected chi connectivity index (χ4v) is 2.27. The van der Waals surface area contributed by atoms with Crippen molar-refractivity contribution in [1.29, 1.82) is 0 Å². The van der Waals surface area contributed by atoms with Gasteiger partial charge in [-0.3, -0.25) is 0 Å². The van der Waals surface area contributed by atoms with Crippen LogP contribution < -0.4 is 5.32 Å². The van der Waals surface area contributed by atoms with Gasteiger partial charge in [0.05, 0.1) is 0 Å². The molecule has 0 aliphatic carbocycles. The first-order valence-corrected chi connectivity index (χ1v) is 6.81. The Kier molecular flexibility index (Phi) is 5.03. The van der Waals surface area contributed by atoms with Crippen molar-refractivity contribution in [3.05, 3.63) is 24.3 Å². The van der Waals surface area contributed by atoms with E-state index >= 15 is 0 Å². The van der Waals surface area contributed by atoms with Crippen molar-refractivity contribution < 1.29 is 0 Å². The van der Waals surface area contributed by atoms with Crippen molar-refractivity contribution in [3.63, 3.8) is 0 Å². The van der Waals surface area contributed by atoms with E-state index in [0.717, 1.165) is 0 Å². The zero-order chi connectivity index (χ0) is 11.3. The lowest BCUT2D eigenvalue weighted by atomic mass is 10.0. The second-order valence-corrected chi connectivity index (χ2v) is 4.95.